The van der Waals surface area contributed by atoms with E-state index in [1.807, 2.05) is 32.0 Å². The Kier molecular flexibility index (Phi) is 13.7. The van der Waals surface area contributed by atoms with Crippen molar-refractivity contribution in [2.45, 2.75) is 44.5 Å². The Morgan fingerprint density at radius 1 is 1.19 bits per heavy atom. The van der Waals surface area contributed by atoms with Gasteiger partial charge in [0.25, 0.3) is 0 Å². The van der Waals surface area contributed by atoms with E-state index < -0.39 is 35.7 Å². The molecule has 4 unspecified atom stereocenters. The number of carbonyl (C=O) groups is 2. The summed E-state index contributed by atoms with van der Waals surface area (Å²) in [5.74, 6) is -4.94. The van der Waals surface area contributed by atoms with E-state index in [9.17, 15) is 24.9 Å². The van der Waals surface area contributed by atoms with E-state index >= 15 is 0 Å². The van der Waals surface area contributed by atoms with E-state index in [4.69, 9.17) is 4.74 Å². The summed E-state index contributed by atoms with van der Waals surface area (Å²) in [6.07, 6.45) is -0.994. The van der Waals surface area contributed by atoms with Crippen molar-refractivity contribution in [2.75, 3.05) is 0 Å². The summed E-state index contributed by atoms with van der Waals surface area (Å²) < 4.78 is 5.03. The van der Waals surface area contributed by atoms with E-state index in [1.165, 1.54) is 0 Å². The van der Waals surface area contributed by atoms with Gasteiger partial charge in [0, 0.05) is 11.4 Å². The van der Waals surface area contributed by atoms with Gasteiger partial charge in [0.1, 0.15) is 5.60 Å². The molecule has 4 atom stereocenters. The first-order chi connectivity index (χ1) is 10.3. The molecule has 0 spiro atoms. The van der Waals surface area contributed by atoms with E-state index in [1.54, 1.807) is 0 Å². The van der Waals surface area contributed by atoms with Crippen LogP contribution in [-0.2, 0) is 35.4 Å². The molecule has 8 nitrogen and oxygen atoms in total. The van der Waals surface area contributed by atoms with Crippen LogP contribution in [0, 0.1) is 19.8 Å². The maximum absolute atomic E-state index is 10.7. The molecule has 2 saturated heterocycles. The molecule has 0 amide bonds. The minimum atomic E-state index is -2.43. The molecule has 1 aromatic heterocycles. The molecule has 0 aromatic carbocycles. The average molecular weight is 590 g/mol. The molecule has 3 heterocycles. The van der Waals surface area contributed by atoms with Gasteiger partial charge in [-0.1, -0.05) is 6.07 Å². The largest absolute Gasteiger partial charge is 4.00 e. The Morgan fingerprint density at radius 3 is 2.00 bits per heavy atom. The molecule has 150 valence electrons. The number of carboxylic acids is 2. The van der Waals surface area contributed by atoms with Crippen LogP contribution < -0.4 is 41.2 Å². The second-order valence-electron chi connectivity index (χ2n) is 5.57. The number of aliphatic carboxylic acids is 2. The van der Waals surface area contributed by atoms with Gasteiger partial charge in [-0.3, -0.25) is 4.98 Å². The molecular weight excluding hydrogens is 570 g/mol. The minimum Gasteiger partial charge on any atom is -1.00 e. The zero-order valence-corrected chi connectivity index (χ0v) is 17.9. The van der Waals surface area contributed by atoms with Gasteiger partial charge >= 0.3 is 21.1 Å². The van der Waals surface area contributed by atoms with Gasteiger partial charge in [0.15, 0.2) is 0 Å². The van der Waals surface area contributed by atoms with Crippen LogP contribution in [0.15, 0.2) is 18.2 Å². The summed E-state index contributed by atoms with van der Waals surface area (Å²) >= 11 is 0. The Hall–Kier alpha value is -0.762. The summed E-state index contributed by atoms with van der Waals surface area (Å²) in [7, 11) is 0. The van der Waals surface area contributed by atoms with Crippen LogP contribution in [0.2, 0.25) is 0 Å². The van der Waals surface area contributed by atoms with Crippen LogP contribution in [0.4, 0.5) is 0 Å². The maximum atomic E-state index is 10.7. The van der Waals surface area contributed by atoms with Crippen LogP contribution in [0.1, 0.15) is 24.2 Å². The van der Waals surface area contributed by atoms with Crippen LogP contribution in [0.5, 0.6) is 0 Å². The fourth-order valence-electron chi connectivity index (χ4n) is 2.98. The van der Waals surface area contributed by atoms with Crippen molar-refractivity contribution < 1.29 is 75.5 Å². The monoisotopic (exact) mass is 589 g/mol. The Morgan fingerprint density at radius 2 is 1.69 bits per heavy atom. The fourth-order valence-corrected chi connectivity index (χ4v) is 2.98. The Balaban J connectivity index is -0.000000390. The van der Waals surface area contributed by atoms with E-state index in [0.717, 1.165) is 11.4 Å². The molecule has 3 rings (SSSR count). The topological polar surface area (TPSA) is 158 Å². The third-order valence-electron chi connectivity index (χ3n) is 4.00. The third kappa shape index (κ3) is 5.87. The van der Waals surface area contributed by atoms with Crippen molar-refractivity contribution in [1.29, 1.82) is 0 Å². The zero-order chi connectivity index (χ0) is 16.5. The fraction of sp³-hybridized carbons (Fsp3) is 0.533. The Bertz CT molecular complexity index is 592. The van der Waals surface area contributed by atoms with Crippen LogP contribution in [0.25, 0.3) is 0 Å². The number of carboxylic acid groups (broad SMARTS) is 2. The minimum absolute atomic E-state index is 0. The van der Waals surface area contributed by atoms with Gasteiger partial charge in [-0.25, -0.2) is 0 Å². The first kappa shape index (κ1) is 30.0. The maximum Gasteiger partial charge on any atom is 4.00 e. The molecule has 11 heteroatoms. The van der Waals surface area contributed by atoms with Crippen molar-refractivity contribution in [3.63, 3.8) is 0 Å². The smallest absolute Gasteiger partial charge is 1.00 e. The van der Waals surface area contributed by atoms with Crippen LogP contribution in [-0.4, -0.2) is 39.8 Å². The summed E-state index contributed by atoms with van der Waals surface area (Å²) in [4.78, 5) is 25.5. The number of aliphatic hydroxyl groups is 1. The summed E-state index contributed by atoms with van der Waals surface area (Å²) in [6, 6.07) is 6.00. The third-order valence-corrected chi connectivity index (χ3v) is 4.00. The van der Waals surface area contributed by atoms with Gasteiger partial charge in [-0.05, 0) is 38.8 Å². The first-order valence-corrected chi connectivity index (χ1v) is 6.97. The molecule has 2 bridgehead atoms. The van der Waals surface area contributed by atoms with Crippen LogP contribution >= 0.6 is 0 Å². The molecule has 26 heavy (non-hydrogen) atoms. The van der Waals surface area contributed by atoms with Crippen molar-refractivity contribution >= 4 is 11.9 Å². The van der Waals surface area contributed by atoms with Crippen molar-refractivity contribution in [3.05, 3.63) is 29.6 Å². The van der Waals surface area contributed by atoms with E-state index in [0.29, 0.717) is 12.8 Å². The number of halogens is 2. The van der Waals surface area contributed by atoms with Gasteiger partial charge in [-0.2, -0.15) is 0 Å². The molecule has 0 saturated carbocycles. The number of hydrogen-bond donors (Lipinski definition) is 2. The van der Waals surface area contributed by atoms with Crippen molar-refractivity contribution in [1.82, 2.24) is 11.1 Å². The standard InChI is InChI=1S/C8H10O6.C7H9N.2ClH.H3N.Pt/c9-6(10)5-3-1-2-4(14-3)8(5,13)7(11)12;1-6-4-3-5-7(2)8-6;;;;/h3-5,13H,1-2H2,(H,9,10)(H,11,12);3-5H,1-2H3;2*1H;1H3;/q;;;;;+4/p-4. The molecule has 0 radical (unpaired) electrons. The molecule has 2 aliphatic rings. The van der Waals surface area contributed by atoms with Gasteiger partial charge in [0.2, 0.25) is 0 Å². The van der Waals surface area contributed by atoms with Gasteiger partial charge in [0.05, 0.1) is 30.1 Å². The number of aromatic nitrogens is 1. The predicted molar refractivity (Wildman–Crippen MR) is 75.1 cm³/mol. The number of ether oxygens (including phenoxy) is 1. The zero-order valence-electron chi connectivity index (χ0n) is 14.1. The molecular formula is C15H20Cl2N2O6Pt. The number of rotatable bonds is 2. The number of nitrogens with zero attached hydrogens (tertiary/aromatic N) is 1. The summed E-state index contributed by atoms with van der Waals surface area (Å²) in [5.41, 5.74) is -0.253. The number of aryl methyl sites for hydroxylation is 2. The second kappa shape index (κ2) is 11.8. The van der Waals surface area contributed by atoms with Crippen molar-refractivity contribution in [2.24, 2.45) is 5.92 Å². The summed E-state index contributed by atoms with van der Waals surface area (Å²) in [6.45, 7) is 3.99. The van der Waals surface area contributed by atoms with Gasteiger partial charge in [-0.15, -0.1) is 0 Å². The molecule has 1 aromatic rings. The molecule has 0 aliphatic carbocycles. The van der Waals surface area contributed by atoms with E-state index in [-0.39, 0.29) is 52.0 Å². The van der Waals surface area contributed by atoms with E-state index in [2.05, 4.69) is 4.98 Å². The molecule has 4 N–H and O–H groups in total. The average Bonchev–Trinajstić information content (AvgIpc) is 2.98. The number of fused-ring (bicyclic) bond motifs is 2. The number of carbonyl (C=O) groups excluding carboxylic acids is 2. The van der Waals surface area contributed by atoms with Gasteiger partial charge < -0.3 is 60.6 Å². The number of pyridine rings is 1. The van der Waals surface area contributed by atoms with Crippen molar-refractivity contribution in [3.8, 4) is 0 Å². The summed E-state index contributed by atoms with van der Waals surface area (Å²) in [5, 5.41) is 31.0. The Labute approximate surface area is 178 Å². The quantitative estimate of drug-likeness (QED) is 0.344. The first-order valence-electron chi connectivity index (χ1n) is 6.97. The predicted octanol–water partition coefficient (Wildman–Crippen LogP) is -7.74. The molecule has 2 fully saturated rings. The SMILES string of the molecule is Cc1cccc(C)n1.N.O=C([O-])C1C2CCC(O2)C1(O)C(=O)[O-].[Cl-].[Cl-].[Pt+4]. The normalized spacial score (nSPS) is 27.3. The van der Waals surface area contributed by atoms with Crippen LogP contribution in [0.3, 0.4) is 0 Å². The molecule has 2 aliphatic heterocycles. The number of hydrogen-bond acceptors (Lipinski definition) is 8. The second-order valence-corrected chi connectivity index (χ2v) is 5.57.